The van der Waals surface area contributed by atoms with Gasteiger partial charge in [0.05, 0.1) is 17.0 Å². The Morgan fingerprint density at radius 2 is 1.83 bits per heavy atom. The van der Waals surface area contributed by atoms with Crippen LogP contribution in [0, 0.1) is 12.8 Å². The first-order chi connectivity index (χ1) is 14.6. The van der Waals surface area contributed by atoms with Crippen LogP contribution in [0.3, 0.4) is 0 Å². The number of nitrogens with zero attached hydrogens (tertiary/aromatic N) is 3. The van der Waals surface area contributed by atoms with Crippen molar-refractivity contribution in [2.24, 2.45) is 5.92 Å². The quantitative estimate of drug-likeness (QED) is 0.425. The SMILES string of the molecule is Cc1nn2c3c(cnc2c1-c1ccc(Cl)cc1)C(=O)CC(C=Cc1ccccc1)C3. The molecule has 1 atom stereocenters. The van der Waals surface area contributed by atoms with E-state index in [0.717, 1.165) is 40.1 Å². The molecule has 1 unspecified atom stereocenters. The zero-order valence-corrected chi connectivity index (χ0v) is 17.3. The Labute approximate surface area is 179 Å². The summed E-state index contributed by atoms with van der Waals surface area (Å²) in [5.41, 5.74) is 6.39. The van der Waals surface area contributed by atoms with E-state index in [-0.39, 0.29) is 11.7 Å². The van der Waals surface area contributed by atoms with E-state index in [0.29, 0.717) is 17.0 Å². The van der Waals surface area contributed by atoms with Crippen LogP contribution in [0.5, 0.6) is 0 Å². The molecule has 0 saturated carbocycles. The molecule has 2 aromatic heterocycles. The zero-order valence-electron chi connectivity index (χ0n) is 16.5. The lowest BCUT2D eigenvalue weighted by molar-refractivity contribution is 0.0957. The Kier molecular flexibility index (Phi) is 4.72. The first-order valence-electron chi connectivity index (χ1n) is 10.00. The van der Waals surface area contributed by atoms with Gasteiger partial charge in [0.15, 0.2) is 11.4 Å². The number of fused-ring (bicyclic) bond motifs is 3. The lowest BCUT2D eigenvalue weighted by Crippen LogP contribution is -2.22. The van der Waals surface area contributed by atoms with Crippen LogP contribution in [-0.4, -0.2) is 20.4 Å². The molecule has 0 spiro atoms. The number of aromatic nitrogens is 3. The summed E-state index contributed by atoms with van der Waals surface area (Å²) in [4.78, 5) is 17.4. The van der Waals surface area contributed by atoms with Crippen LogP contribution in [0.25, 0.3) is 22.9 Å². The molecule has 4 nitrogen and oxygen atoms in total. The van der Waals surface area contributed by atoms with Gasteiger partial charge in [0.1, 0.15) is 0 Å². The molecule has 0 radical (unpaired) electrons. The van der Waals surface area contributed by atoms with Crippen molar-refractivity contribution in [3.63, 3.8) is 0 Å². The molecule has 4 aromatic rings. The average molecular weight is 414 g/mol. The highest BCUT2D eigenvalue weighted by Crippen LogP contribution is 2.32. The fourth-order valence-corrected chi connectivity index (χ4v) is 4.26. The van der Waals surface area contributed by atoms with Crippen molar-refractivity contribution >= 4 is 29.1 Å². The third-order valence-corrected chi connectivity index (χ3v) is 5.87. The van der Waals surface area contributed by atoms with Crippen molar-refractivity contribution < 1.29 is 4.79 Å². The second kappa shape index (κ2) is 7.54. The van der Waals surface area contributed by atoms with Gasteiger partial charge in [-0.2, -0.15) is 5.10 Å². The topological polar surface area (TPSA) is 47.3 Å². The molecule has 1 aliphatic rings. The Bertz CT molecular complexity index is 1270. The number of ketones is 1. The molecule has 0 aliphatic heterocycles. The van der Waals surface area contributed by atoms with Crippen LogP contribution in [0.15, 0.2) is 66.9 Å². The van der Waals surface area contributed by atoms with E-state index in [1.807, 2.05) is 53.9 Å². The summed E-state index contributed by atoms with van der Waals surface area (Å²) < 4.78 is 1.86. The van der Waals surface area contributed by atoms with E-state index in [1.54, 1.807) is 6.20 Å². The van der Waals surface area contributed by atoms with Gasteiger partial charge in [0, 0.05) is 23.2 Å². The normalized spacial score (nSPS) is 16.3. The molecule has 2 heterocycles. The van der Waals surface area contributed by atoms with Crippen LogP contribution in [0.2, 0.25) is 5.02 Å². The van der Waals surface area contributed by atoms with Gasteiger partial charge in [0.2, 0.25) is 0 Å². The summed E-state index contributed by atoms with van der Waals surface area (Å²) >= 11 is 6.05. The monoisotopic (exact) mass is 413 g/mol. The third kappa shape index (κ3) is 3.33. The highest BCUT2D eigenvalue weighted by molar-refractivity contribution is 6.30. The Hall–Kier alpha value is -3.24. The number of rotatable bonds is 3. The summed E-state index contributed by atoms with van der Waals surface area (Å²) in [5, 5.41) is 5.45. The van der Waals surface area contributed by atoms with Crippen LogP contribution < -0.4 is 0 Å². The molecule has 30 heavy (non-hydrogen) atoms. The van der Waals surface area contributed by atoms with Gasteiger partial charge in [-0.05, 0) is 42.5 Å². The van der Waals surface area contributed by atoms with Gasteiger partial charge >= 0.3 is 0 Å². The summed E-state index contributed by atoms with van der Waals surface area (Å²) in [6.45, 7) is 1.97. The fraction of sp³-hybridized carbons (Fsp3) is 0.160. The number of halogens is 1. The molecule has 0 saturated heterocycles. The average Bonchev–Trinajstić information content (AvgIpc) is 3.10. The molecule has 148 valence electrons. The number of Topliss-reactive ketones (excluding diaryl/α,β-unsaturated/α-hetero) is 1. The molecule has 0 amide bonds. The second-order valence-electron chi connectivity index (χ2n) is 7.68. The number of hydrogen-bond donors (Lipinski definition) is 0. The molecule has 2 aromatic carbocycles. The standard InChI is InChI=1S/C25H20ClN3O/c1-16-24(19-9-11-20(26)12-10-19)25-27-15-21-22(29(25)28-16)13-18(14-23(21)30)8-7-17-5-3-2-4-6-17/h2-12,15,18H,13-14H2,1H3. The van der Waals surface area contributed by atoms with E-state index in [2.05, 4.69) is 29.3 Å². The number of aryl methyl sites for hydroxylation is 1. The van der Waals surface area contributed by atoms with Crippen molar-refractivity contribution in [3.8, 4) is 11.1 Å². The van der Waals surface area contributed by atoms with E-state index < -0.39 is 0 Å². The van der Waals surface area contributed by atoms with Gasteiger partial charge in [-0.15, -0.1) is 0 Å². The minimum absolute atomic E-state index is 0.120. The fourth-order valence-electron chi connectivity index (χ4n) is 4.14. The molecule has 5 heteroatoms. The van der Waals surface area contributed by atoms with E-state index in [4.69, 9.17) is 16.7 Å². The lowest BCUT2D eigenvalue weighted by Gasteiger charge is -2.21. The van der Waals surface area contributed by atoms with E-state index in [9.17, 15) is 4.79 Å². The van der Waals surface area contributed by atoms with E-state index in [1.165, 1.54) is 0 Å². The number of hydrogen-bond acceptors (Lipinski definition) is 3. The van der Waals surface area contributed by atoms with Gasteiger partial charge in [-0.3, -0.25) is 4.79 Å². The third-order valence-electron chi connectivity index (χ3n) is 5.62. The zero-order chi connectivity index (χ0) is 20.7. The second-order valence-corrected chi connectivity index (χ2v) is 8.12. The maximum atomic E-state index is 12.8. The number of carbonyl (C=O) groups is 1. The van der Waals surface area contributed by atoms with Gasteiger partial charge in [-0.1, -0.05) is 66.2 Å². The number of allylic oxidation sites excluding steroid dienone is 1. The largest absolute Gasteiger partial charge is 0.294 e. The Balaban J connectivity index is 1.56. The van der Waals surface area contributed by atoms with E-state index >= 15 is 0 Å². The summed E-state index contributed by atoms with van der Waals surface area (Å²) in [6, 6.07) is 17.8. The van der Waals surface area contributed by atoms with Crippen molar-refractivity contribution in [3.05, 3.63) is 94.4 Å². The van der Waals surface area contributed by atoms with Crippen LogP contribution in [0.4, 0.5) is 0 Å². The van der Waals surface area contributed by atoms with Crippen molar-refractivity contribution in [2.45, 2.75) is 19.8 Å². The van der Waals surface area contributed by atoms with Crippen molar-refractivity contribution in [2.75, 3.05) is 0 Å². The number of carbonyl (C=O) groups excluding carboxylic acids is 1. The smallest absolute Gasteiger partial charge is 0.166 e. The van der Waals surface area contributed by atoms with Gasteiger partial charge < -0.3 is 0 Å². The molecule has 1 aliphatic carbocycles. The minimum atomic E-state index is 0.120. The summed E-state index contributed by atoms with van der Waals surface area (Å²) in [7, 11) is 0. The molecule has 5 rings (SSSR count). The maximum Gasteiger partial charge on any atom is 0.166 e. The first kappa shape index (κ1) is 18.8. The predicted octanol–water partition coefficient (Wildman–Crippen LogP) is 5.82. The van der Waals surface area contributed by atoms with Gasteiger partial charge in [0.25, 0.3) is 0 Å². The molecule has 0 N–H and O–H groups in total. The maximum absolute atomic E-state index is 12.8. The Morgan fingerprint density at radius 3 is 2.60 bits per heavy atom. The van der Waals surface area contributed by atoms with Gasteiger partial charge in [-0.25, -0.2) is 9.50 Å². The van der Waals surface area contributed by atoms with Crippen LogP contribution >= 0.6 is 11.6 Å². The summed E-state index contributed by atoms with van der Waals surface area (Å²) in [5.74, 6) is 0.258. The van der Waals surface area contributed by atoms with Crippen LogP contribution in [0.1, 0.15) is 33.7 Å². The predicted molar refractivity (Wildman–Crippen MR) is 120 cm³/mol. The highest BCUT2D eigenvalue weighted by Gasteiger charge is 2.28. The van der Waals surface area contributed by atoms with Crippen molar-refractivity contribution in [1.29, 1.82) is 0 Å². The van der Waals surface area contributed by atoms with Crippen LogP contribution in [-0.2, 0) is 6.42 Å². The first-order valence-corrected chi connectivity index (χ1v) is 10.4. The molecular weight excluding hydrogens is 394 g/mol. The van der Waals surface area contributed by atoms with Crippen molar-refractivity contribution in [1.82, 2.24) is 14.6 Å². The Morgan fingerprint density at radius 1 is 1.07 bits per heavy atom. The minimum Gasteiger partial charge on any atom is -0.294 e. The molecule has 0 fully saturated rings. The molecule has 0 bridgehead atoms. The lowest BCUT2D eigenvalue weighted by atomic mass is 9.86. The summed E-state index contributed by atoms with van der Waals surface area (Å²) in [6.07, 6.45) is 7.19. The number of benzene rings is 2. The molecular formula is C25H20ClN3O. The highest BCUT2D eigenvalue weighted by atomic mass is 35.5.